The van der Waals surface area contributed by atoms with Gasteiger partial charge in [0.1, 0.15) is 222 Å². The number of carbonyl (C=O) groups is 9. The minimum atomic E-state index is -2.32. The quantitative estimate of drug-likeness (QED) is 0.0116. The van der Waals surface area contributed by atoms with E-state index in [4.69, 9.17) is 76.2 Å². The van der Waals surface area contributed by atoms with Crippen molar-refractivity contribution in [1.82, 2.24) is 24.5 Å². The van der Waals surface area contributed by atoms with Crippen LogP contribution >= 0.6 is 0 Å². The van der Waals surface area contributed by atoms with Gasteiger partial charge >= 0.3 is 63.8 Å². The van der Waals surface area contributed by atoms with Gasteiger partial charge in [0.25, 0.3) is 0 Å². The average Bonchev–Trinajstić information content (AvgIpc) is 0.814. The van der Waals surface area contributed by atoms with E-state index in [1.54, 1.807) is 0 Å². The molecule has 36 atom stereocenters. The van der Waals surface area contributed by atoms with E-state index in [2.05, 4.69) is 20.6 Å². The number of carboxylic acid groups (broad SMARTS) is 3. The molecule has 4 fully saturated rings. The number of hydrogen-bond donors (Lipinski definition) is 32. The molecule has 4 aliphatic rings. The fraction of sp³-hybridized carbons (Fsp3) is 0.833. The number of carbonyl (C=O) groups excluding carboxylic acids is 9. The predicted octanol–water partition coefficient (Wildman–Crippen LogP) is -30.8. The Bertz CT molecular complexity index is 3540. The summed E-state index contributed by atoms with van der Waals surface area (Å²) in [5, 5.41) is 378. The fourth-order valence-electron chi connectivity index (χ4n) is 13.6. The van der Waals surface area contributed by atoms with E-state index in [-0.39, 0.29) is 45.4 Å². The number of carboxylic acids is 3. The number of aliphatic carboxylic acids is 3. The first-order chi connectivity index (χ1) is 69.5. The number of esters is 4. The molecule has 4 heterocycles. The number of nitrogens with zero attached hydrogens (tertiary/aromatic N) is 9. The summed E-state index contributed by atoms with van der Waals surface area (Å²) in [5.41, 5.74) is 0. The Hall–Kier alpha value is -7.33. The van der Waals surface area contributed by atoms with E-state index in [1.165, 1.54) is 0 Å². The molecule has 0 aromatic rings. The van der Waals surface area contributed by atoms with Gasteiger partial charge in [-0.05, 0) is 0 Å². The molecule has 0 spiro atoms. The molecule has 149 heavy (non-hydrogen) atoms. The van der Waals surface area contributed by atoms with Crippen molar-refractivity contribution in [3.05, 3.63) is 0 Å². The maximum Gasteiger partial charge on any atom is 3.00 e. The summed E-state index contributed by atoms with van der Waals surface area (Å²) in [5.74, 6) is -13.1. The average molecular weight is 2330 g/mol. The summed E-state index contributed by atoms with van der Waals surface area (Å²) in [6.07, 6.45) is -71.8. The molecule has 4 aliphatic heterocycles. The van der Waals surface area contributed by atoms with Gasteiger partial charge in [-0.2, -0.15) is 0 Å². The Morgan fingerprint density at radius 3 is 0.671 bits per heavy atom. The Morgan fingerprint density at radius 1 is 0.289 bits per heavy atom. The van der Waals surface area contributed by atoms with Crippen LogP contribution in [0, 0.1) is 39.9 Å². The van der Waals surface area contributed by atoms with E-state index in [1.807, 2.05) is 0 Å². The van der Waals surface area contributed by atoms with Gasteiger partial charge in [-0.1, -0.05) is 20.6 Å². The third-order valence-electron chi connectivity index (χ3n) is 21.9. The van der Waals surface area contributed by atoms with Crippen molar-refractivity contribution in [2.45, 2.75) is 220 Å². The zero-order chi connectivity index (χ0) is 110. The van der Waals surface area contributed by atoms with Crippen molar-refractivity contribution in [3.63, 3.8) is 0 Å². The first kappa shape index (κ1) is 138. The molecule has 0 unspecified atom stereocenters. The van der Waals surface area contributed by atoms with Crippen molar-refractivity contribution in [3.8, 4) is 0 Å². The second-order valence-electron chi connectivity index (χ2n) is 32.7. The van der Waals surface area contributed by atoms with Gasteiger partial charge in [-0.25, -0.2) is 19.2 Å². The number of oxime groups is 4. The van der Waals surface area contributed by atoms with Crippen LogP contribution < -0.4 is 15.3 Å². The summed E-state index contributed by atoms with van der Waals surface area (Å²) < 4.78 is 62.4. The molecule has 4 rings (SSSR count). The molecule has 4 saturated heterocycles. The molecule has 34 N–H and O–H groups in total. The summed E-state index contributed by atoms with van der Waals surface area (Å²) in [6.45, 7) is -27.2. The number of aliphatic hydroxyl groups is 32. The summed E-state index contributed by atoms with van der Waals surface area (Å²) in [6, 6.07) is 0. The van der Waals surface area contributed by atoms with Crippen LogP contribution in [0.15, 0.2) is 20.6 Å². The fourth-order valence-corrected chi connectivity index (χ4v) is 13.6. The molecule has 71 heteroatoms. The van der Waals surface area contributed by atoms with Gasteiger partial charge in [-0.15, -0.1) is 0 Å². The maximum atomic E-state index is 14.3. The molecule has 0 bridgehead atoms. The minimum Gasteiger partial charge on any atom is -0.549 e. The largest absolute Gasteiger partial charge is 3.00 e. The Kier molecular flexibility index (Phi) is 66.3. The molecular formula is C78H132GdN9O61. The number of amides is 2. The van der Waals surface area contributed by atoms with Crippen molar-refractivity contribution in [1.29, 1.82) is 0 Å². The molecule has 1 radical (unpaired) electrons. The van der Waals surface area contributed by atoms with Gasteiger partial charge in [-0.3, -0.25) is 24.3 Å². The van der Waals surface area contributed by atoms with Gasteiger partial charge in [0.15, 0.2) is 25.2 Å². The van der Waals surface area contributed by atoms with Crippen molar-refractivity contribution >= 4 is 78.5 Å². The van der Waals surface area contributed by atoms with Crippen molar-refractivity contribution in [2.24, 2.45) is 20.6 Å². The van der Waals surface area contributed by atoms with Gasteiger partial charge in [0.05, 0.1) is 135 Å². The van der Waals surface area contributed by atoms with Crippen LogP contribution in [-0.4, -0.2) is 683 Å². The molecule has 0 aliphatic carbocycles. The molecule has 863 valence electrons. The third kappa shape index (κ3) is 45.9. The molecular weight excluding hydrogens is 2200 g/mol. The zero-order valence-corrected chi connectivity index (χ0v) is 81.0. The number of aliphatic hydroxyl groups excluding tert-OH is 32. The molecule has 0 saturated carbocycles. The summed E-state index contributed by atoms with van der Waals surface area (Å²) in [7, 11) is 0. The number of rotatable bonds is 72. The van der Waals surface area contributed by atoms with E-state index in [0.29, 0.717) is 24.9 Å². The maximum absolute atomic E-state index is 14.3. The van der Waals surface area contributed by atoms with Crippen molar-refractivity contribution in [2.75, 3.05) is 191 Å². The van der Waals surface area contributed by atoms with Gasteiger partial charge in [0, 0.05) is 45.8 Å². The second-order valence-corrected chi connectivity index (χ2v) is 32.7. The van der Waals surface area contributed by atoms with Crippen LogP contribution in [0.3, 0.4) is 0 Å². The minimum absolute atomic E-state index is 0. The van der Waals surface area contributed by atoms with Crippen LogP contribution in [0.2, 0.25) is 0 Å². The van der Waals surface area contributed by atoms with E-state index in [9.17, 15) is 222 Å². The molecule has 0 aromatic carbocycles. The topological polar surface area (TPSA) is 1110 Å². The molecule has 0 aromatic heterocycles. The van der Waals surface area contributed by atoms with Crippen LogP contribution in [0.4, 0.5) is 0 Å². The van der Waals surface area contributed by atoms with E-state index < -0.39 is 465 Å². The van der Waals surface area contributed by atoms with Gasteiger partial charge in [0.2, 0.25) is 38.2 Å². The Labute approximate surface area is 874 Å². The Morgan fingerprint density at radius 2 is 0.483 bits per heavy atom. The first-order valence-electron chi connectivity index (χ1n) is 44.5. The van der Waals surface area contributed by atoms with Crippen molar-refractivity contribution < 1.29 is 343 Å². The normalized spacial score (nSPS) is 27.6. The smallest absolute Gasteiger partial charge is 0.549 e. The SMILES string of the molecule is O.O=C([O-])CN(CCN(CC(=O)[O-])CC(=O)N(CCOC(=O)CO/N=C\[C@@H](O)[C@H](O)[C@@H](O[C@@H]1O[C@H](CO)[C@@H](O)[C@H](O)[C@H]1O)[C@@H](O)CO)CCOC(=O)CO/N=C/[C@@H](O)[C@H](O)[C@@H](O[C@@H]1O[C@H](CO)[C@@H](O)[C@H](O)[C@H]1O)[C@@H](O)CO)CCN(CC(=O)[O-])CC(=O)N(CCOC(=O)CO/N=C/[C@@H](O)[C@H](O)[C@@H](O[C@@H]1O[C@H](CO)[C@@H](O)[C@H](O)[C@H]1O)[C@@H](O)CO)CCOC(=O)CO/N=C/[C@@H](O)[C@H](O)[C@@H](O[C@@H]1O[C@H](CO)[C@@H](O)[C@H](O)[C@H]1O)[C@@H](O)CO.[Gd+3]. The molecule has 2 amide bonds. The van der Waals surface area contributed by atoms with Crippen LogP contribution in [0.25, 0.3) is 0 Å². The number of hydrogen-bond acceptors (Lipinski definition) is 67. The molecule has 70 nitrogen and oxygen atoms in total. The summed E-state index contributed by atoms with van der Waals surface area (Å²) >= 11 is 0. The van der Waals surface area contributed by atoms with E-state index >= 15 is 0 Å². The predicted molar refractivity (Wildman–Crippen MR) is 458 cm³/mol. The first-order valence-corrected chi connectivity index (χ1v) is 44.5. The third-order valence-corrected chi connectivity index (χ3v) is 21.9. The Balaban J connectivity index is 0.0000375. The zero-order valence-electron chi connectivity index (χ0n) is 78.7. The number of ether oxygens (including phenoxy) is 12. The monoisotopic (exact) mass is 2330 g/mol. The second kappa shape index (κ2) is 71.7. The van der Waals surface area contributed by atoms with Gasteiger partial charge < -0.3 is 285 Å². The van der Waals surface area contributed by atoms with Crippen LogP contribution in [-0.2, 0) is 119 Å². The summed E-state index contributed by atoms with van der Waals surface area (Å²) in [4.78, 5) is 141. The van der Waals surface area contributed by atoms with E-state index in [0.717, 1.165) is 24.5 Å². The van der Waals surface area contributed by atoms with Crippen LogP contribution in [0.5, 0.6) is 0 Å². The van der Waals surface area contributed by atoms with Crippen LogP contribution in [0.1, 0.15) is 0 Å². The standard InChI is InChI=1S/C78H133N9O60.Gd.H2O/c88-22-38(100)71(144-75-67(128)63(124)59(120)42(26-92)140-75)55(116)34(96)13-79-136-30-51(112)132-9-5-86(6-10-133-52(113)31-137-80-14-35(97)56(117)72(39(101)23-89)145-76-68(129)64(125)60(121)43(27-93)141-76)46(104)17-84(20-49(108)109)3-1-83(19-48(106)107)2-4-85(21-50(110)111)18-47(105)87(7-11-134-53(114)32-138-81-15-36(98)57(118)73(40(102)24-90)146-77-69(130)65(126)61(122)44(28-94)142-77)8-12-135-54(115)33-139-82-16-37(99)58(119)74(41(103)25-91)147-78-70(131)66(127)62(123)45(29-95)143-78;;/h13-16,34-45,55-78,88-103,116-131H,1-12,17-33H2,(H,106,107)(H,108,109)(H,110,111);;1H2/q;+3;/p-3/b79-13-,80-14+,81-15+,82-16+;;/t34-,35-,36-,37-,38+,39+,40+,41+,42-,43-,44-,45-,55+,56+,57+,58+,59-,60-,61-,62-,63+,64+,65+,66+,67-,68-,69-,70-,71+,72+,73+,74+,75+,76+,77+,78+;;/m1../s1.